The second-order valence-electron chi connectivity index (χ2n) is 7.74. The molecular weight excluding hydrogens is 450 g/mol. The lowest BCUT2D eigenvalue weighted by atomic mass is 10.1. The molecule has 0 aliphatic carbocycles. The van der Waals surface area contributed by atoms with Crippen molar-refractivity contribution in [2.45, 2.75) is 6.54 Å². The Morgan fingerprint density at radius 1 is 0.971 bits per heavy atom. The van der Waals surface area contributed by atoms with Gasteiger partial charge < -0.3 is 14.4 Å². The van der Waals surface area contributed by atoms with Crippen LogP contribution in [0.1, 0.15) is 15.9 Å². The van der Waals surface area contributed by atoms with Crippen LogP contribution >= 0.6 is 11.6 Å². The third kappa shape index (κ3) is 5.30. The van der Waals surface area contributed by atoms with Gasteiger partial charge in [0.1, 0.15) is 11.4 Å². The number of carbonyl (C=O) groups excluding carboxylic acids is 1. The molecule has 4 rings (SSSR count). The van der Waals surface area contributed by atoms with Gasteiger partial charge in [-0.25, -0.2) is 4.68 Å². The number of rotatable bonds is 9. The Labute approximate surface area is 204 Å². The van der Waals surface area contributed by atoms with Gasteiger partial charge in [0.2, 0.25) is 5.88 Å². The molecule has 0 fully saturated rings. The normalized spacial score (nSPS) is 10.8. The molecule has 6 nitrogen and oxygen atoms in total. The van der Waals surface area contributed by atoms with Crippen LogP contribution in [0, 0.1) is 0 Å². The number of amides is 1. The first-order chi connectivity index (χ1) is 16.6. The molecule has 0 radical (unpaired) electrons. The highest BCUT2D eigenvalue weighted by molar-refractivity contribution is 6.32. The molecule has 7 heteroatoms. The van der Waals surface area contributed by atoms with Crippen molar-refractivity contribution in [2.75, 3.05) is 20.3 Å². The minimum absolute atomic E-state index is 0.0933. The third-order valence-electron chi connectivity index (χ3n) is 5.40. The highest BCUT2D eigenvalue weighted by Gasteiger charge is 2.25. The first-order valence-electron chi connectivity index (χ1n) is 11.0. The molecule has 174 valence electrons. The predicted molar refractivity (Wildman–Crippen MR) is 133 cm³/mol. The topological polar surface area (TPSA) is 56.6 Å². The summed E-state index contributed by atoms with van der Waals surface area (Å²) in [6.07, 6.45) is 0. The van der Waals surface area contributed by atoms with Crippen LogP contribution in [0.5, 0.6) is 11.6 Å². The zero-order valence-corrected chi connectivity index (χ0v) is 19.9. The molecule has 0 N–H and O–H groups in total. The van der Waals surface area contributed by atoms with Crippen LogP contribution in [0.4, 0.5) is 0 Å². The van der Waals surface area contributed by atoms with Crippen molar-refractivity contribution < 1.29 is 14.3 Å². The standard InChI is InChI=1S/C27H26ClN3O3/c1-30-27(34-24-16-10-9-15-23(24)28)22(25(29-30)20-11-5-3-6-12-20)19-31(17-18-33-2)26(32)21-13-7-4-8-14-21/h3-16H,17-19H2,1-2H3. The van der Waals surface area contributed by atoms with E-state index < -0.39 is 0 Å². The van der Waals surface area contributed by atoms with E-state index in [1.807, 2.05) is 79.8 Å². The van der Waals surface area contributed by atoms with Crippen LogP contribution in [0.25, 0.3) is 11.3 Å². The molecule has 0 bridgehead atoms. The molecule has 1 heterocycles. The molecule has 0 saturated carbocycles. The minimum Gasteiger partial charge on any atom is -0.437 e. The predicted octanol–water partition coefficient (Wildman–Crippen LogP) is 5.82. The third-order valence-corrected chi connectivity index (χ3v) is 5.71. The summed E-state index contributed by atoms with van der Waals surface area (Å²) in [6, 6.07) is 26.4. The Kier molecular flexibility index (Phi) is 7.62. The minimum atomic E-state index is -0.0933. The Balaban J connectivity index is 1.78. The van der Waals surface area contributed by atoms with Crippen molar-refractivity contribution in [1.82, 2.24) is 14.7 Å². The highest BCUT2D eigenvalue weighted by atomic mass is 35.5. The summed E-state index contributed by atoms with van der Waals surface area (Å²) in [6.45, 7) is 1.11. The summed E-state index contributed by atoms with van der Waals surface area (Å²) in [5.74, 6) is 0.949. The van der Waals surface area contributed by atoms with Crippen molar-refractivity contribution in [2.24, 2.45) is 7.05 Å². The fourth-order valence-electron chi connectivity index (χ4n) is 3.69. The van der Waals surface area contributed by atoms with Crippen molar-refractivity contribution >= 4 is 17.5 Å². The fourth-order valence-corrected chi connectivity index (χ4v) is 3.86. The van der Waals surface area contributed by atoms with Crippen LogP contribution in [0.3, 0.4) is 0 Å². The van der Waals surface area contributed by atoms with Gasteiger partial charge in [-0.05, 0) is 24.3 Å². The monoisotopic (exact) mass is 475 g/mol. The van der Waals surface area contributed by atoms with E-state index in [2.05, 4.69) is 0 Å². The van der Waals surface area contributed by atoms with E-state index in [4.69, 9.17) is 26.2 Å². The quantitative estimate of drug-likeness (QED) is 0.306. The molecule has 0 spiro atoms. The number of methoxy groups -OCH3 is 1. The molecular formula is C27H26ClN3O3. The van der Waals surface area contributed by atoms with Crippen LogP contribution in [0.2, 0.25) is 5.02 Å². The lowest BCUT2D eigenvalue weighted by molar-refractivity contribution is 0.0679. The first kappa shape index (κ1) is 23.5. The Morgan fingerprint density at radius 2 is 1.62 bits per heavy atom. The van der Waals surface area contributed by atoms with Gasteiger partial charge in [0.25, 0.3) is 5.91 Å². The van der Waals surface area contributed by atoms with Gasteiger partial charge in [-0.15, -0.1) is 0 Å². The van der Waals surface area contributed by atoms with E-state index in [0.29, 0.717) is 35.4 Å². The van der Waals surface area contributed by atoms with Gasteiger partial charge in [-0.2, -0.15) is 5.10 Å². The molecule has 0 saturated heterocycles. The smallest absolute Gasteiger partial charge is 0.254 e. The van der Waals surface area contributed by atoms with E-state index in [9.17, 15) is 4.79 Å². The zero-order chi connectivity index (χ0) is 23.9. The van der Waals surface area contributed by atoms with E-state index in [-0.39, 0.29) is 12.5 Å². The SMILES string of the molecule is COCCN(Cc1c(-c2ccccc2)nn(C)c1Oc1ccccc1Cl)C(=O)c1ccccc1. The maximum Gasteiger partial charge on any atom is 0.254 e. The summed E-state index contributed by atoms with van der Waals surface area (Å²) in [5, 5.41) is 5.24. The number of carbonyl (C=O) groups is 1. The summed E-state index contributed by atoms with van der Waals surface area (Å²) < 4.78 is 13.2. The van der Waals surface area contributed by atoms with Crippen LogP contribution in [0.15, 0.2) is 84.9 Å². The van der Waals surface area contributed by atoms with Crippen molar-refractivity contribution in [3.63, 3.8) is 0 Å². The Bertz CT molecular complexity index is 1240. The molecule has 1 aromatic heterocycles. The molecule has 4 aromatic rings. The number of ether oxygens (including phenoxy) is 2. The lowest BCUT2D eigenvalue weighted by Crippen LogP contribution is -2.33. The molecule has 0 aliphatic heterocycles. The summed E-state index contributed by atoms with van der Waals surface area (Å²) in [5.41, 5.74) is 3.07. The van der Waals surface area contributed by atoms with Gasteiger partial charge in [0, 0.05) is 31.8 Å². The maximum absolute atomic E-state index is 13.4. The molecule has 0 unspecified atom stereocenters. The summed E-state index contributed by atoms with van der Waals surface area (Å²) in [4.78, 5) is 15.2. The molecule has 1 amide bonds. The number of aromatic nitrogens is 2. The maximum atomic E-state index is 13.4. The number of halogens is 1. The van der Waals surface area contributed by atoms with Gasteiger partial charge in [0.05, 0.1) is 23.7 Å². The second kappa shape index (κ2) is 11.0. The van der Waals surface area contributed by atoms with Crippen molar-refractivity contribution in [3.05, 3.63) is 101 Å². The van der Waals surface area contributed by atoms with Gasteiger partial charge in [0.15, 0.2) is 0 Å². The number of hydrogen-bond donors (Lipinski definition) is 0. The highest BCUT2D eigenvalue weighted by Crippen LogP contribution is 2.36. The second-order valence-corrected chi connectivity index (χ2v) is 8.15. The molecule has 34 heavy (non-hydrogen) atoms. The Morgan fingerprint density at radius 3 is 2.29 bits per heavy atom. The first-order valence-corrected chi connectivity index (χ1v) is 11.3. The van der Waals surface area contributed by atoms with Crippen molar-refractivity contribution in [3.8, 4) is 22.9 Å². The summed E-state index contributed by atoms with van der Waals surface area (Å²) >= 11 is 6.37. The number of nitrogens with zero attached hydrogens (tertiary/aromatic N) is 3. The number of para-hydroxylation sites is 1. The summed E-state index contributed by atoms with van der Waals surface area (Å²) in [7, 11) is 3.44. The van der Waals surface area contributed by atoms with E-state index in [1.165, 1.54) is 0 Å². The number of hydrogen-bond acceptors (Lipinski definition) is 4. The van der Waals surface area contributed by atoms with Crippen LogP contribution in [-0.4, -0.2) is 40.8 Å². The Hall–Kier alpha value is -3.61. The largest absolute Gasteiger partial charge is 0.437 e. The van der Waals surface area contributed by atoms with E-state index >= 15 is 0 Å². The molecule has 0 atom stereocenters. The molecule has 3 aromatic carbocycles. The fraction of sp³-hybridized carbons (Fsp3) is 0.185. The average Bonchev–Trinajstić information content (AvgIpc) is 3.18. The van der Waals surface area contributed by atoms with Crippen LogP contribution in [-0.2, 0) is 18.3 Å². The zero-order valence-electron chi connectivity index (χ0n) is 19.1. The molecule has 0 aliphatic rings. The van der Waals surface area contributed by atoms with E-state index in [1.54, 1.807) is 28.8 Å². The average molecular weight is 476 g/mol. The van der Waals surface area contributed by atoms with Gasteiger partial charge >= 0.3 is 0 Å². The van der Waals surface area contributed by atoms with Crippen molar-refractivity contribution in [1.29, 1.82) is 0 Å². The number of aryl methyl sites for hydroxylation is 1. The van der Waals surface area contributed by atoms with Gasteiger partial charge in [-0.1, -0.05) is 72.3 Å². The number of benzene rings is 3. The van der Waals surface area contributed by atoms with E-state index in [0.717, 1.165) is 16.8 Å². The van der Waals surface area contributed by atoms with Crippen LogP contribution < -0.4 is 4.74 Å². The van der Waals surface area contributed by atoms with Gasteiger partial charge in [-0.3, -0.25) is 4.79 Å². The lowest BCUT2D eigenvalue weighted by Gasteiger charge is -2.23.